The van der Waals surface area contributed by atoms with E-state index < -0.39 is 5.97 Å². The molecular weight excluding hydrogens is 272 g/mol. The summed E-state index contributed by atoms with van der Waals surface area (Å²) in [7, 11) is 1.15. The van der Waals surface area contributed by atoms with Crippen molar-refractivity contribution in [1.29, 1.82) is 5.26 Å². The predicted molar refractivity (Wildman–Crippen MR) is 75.1 cm³/mol. The summed E-state index contributed by atoms with van der Waals surface area (Å²) in [5, 5.41) is 12.9. The number of benzene rings is 1. The molecule has 0 bridgehead atoms. The second kappa shape index (κ2) is 5.79. The van der Waals surface area contributed by atoms with Crippen LogP contribution in [-0.4, -0.2) is 18.2 Å². The second-order valence-electron chi connectivity index (χ2n) is 4.03. The highest BCUT2D eigenvalue weighted by Crippen LogP contribution is 2.32. The quantitative estimate of drug-likeness (QED) is 0.493. The van der Waals surface area contributed by atoms with Gasteiger partial charge in [-0.2, -0.15) is 5.26 Å². The Labute approximate surface area is 120 Å². The SMILES string of the molecule is COC(=O)/C(C#N)=C(/N)c1c(-c2ccccc2)noc1N. The van der Waals surface area contributed by atoms with E-state index >= 15 is 0 Å². The number of aromatic nitrogens is 1. The number of nitriles is 1. The summed E-state index contributed by atoms with van der Waals surface area (Å²) in [6, 6.07) is 10.7. The summed E-state index contributed by atoms with van der Waals surface area (Å²) in [6.45, 7) is 0. The molecule has 0 radical (unpaired) electrons. The largest absolute Gasteiger partial charge is 0.465 e. The van der Waals surface area contributed by atoms with Crippen LogP contribution in [0.3, 0.4) is 0 Å². The Balaban J connectivity index is 2.65. The standard InChI is InChI=1S/C14H12N4O3/c1-20-14(19)9(7-15)11(16)10-12(18-21-13(10)17)8-5-3-2-4-6-8/h2-6H,16-17H2,1H3/b11-9+. The minimum Gasteiger partial charge on any atom is -0.465 e. The smallest absolute Gasteiger partial charge is 0.350 e. The number of rotatable bonds is 3. The van der Waals surface area contributed by atoms with E-state index in [1.54, 1.807) is 30.3 Å². The maximum atomic E-state index is 11.6. The molecule has 2 rings (SSSR count). The van der Waals surface area contributed by atoms with Crippen LogP contribution in [0.25, 0.3) is 17.0 Å². The zero-order valence-corrected chi connectivity index (χ0v) is 11.2. The van der Waals surface area contributed by atoms with Crippen molar-refractivity contribution in [2.24, 2.45) is 5.73 Å². The van der Waals surface area contributed by atoms with Crippen LogP contribution >= 0.6 is 0 Å². The lowest BCUT2D eigenvalue weighted by Crippen LogP contribution is -2.11. The molecule has 0 aliphatic rings. The van der Waals surface area contributed by atoms with Crippen LogP contribution in [0.15, 0.2) is 40.4 Å². The van der Waals surface area contributed by atoms with Crippen LogP contribution < -0.4 is 11.5 Å². The molecule has 7 nitrogen and oxygen atoms in total. The van der Waals surface area contributed by atoms with Gasteiger partial charge in [-0.15, -0.1) is 0 Å². The molecule has 1 aromatic heterocycles. The number of carbonyl (C=O) groups excluding carboxylic acids is 1. The van der Waals surface area contributed by atoms with Gasteiger partial charge in [-0.3, -0.25) is 0 Å². The molecule has 0 aliphatic carbocycles. The van der Waals surface area contributed by atoms with E-state index in [9.17, 15) is 4.79 Å². The van der Waals surface area contributed by atoms with Crippen molar-refractivity contribution in [3.63, 3.8) is 0 Å². The molecule has 21 heavy (non-hydrogen) atoms. The molecule has 0 spiro atoms. The highest BCUT2D eigenvalue weighted by molar-refractivity contribution is 6.03. The molecular formula is C14H12N4O3. The first-order chi connectivity index (χ1) is 10.1. The average Bonchev–Trinajstić information content (AvgIpc) is 2.90. The van der Waals surface area contributed by atoms with Crippen LogP contribution in [0.4, 0.5) is 5.88 Å². The lowest BCUT2D eigenvalue weighted by Gasteiger charge is -2.05. The van der Waals surface area contributed by atoms with E-state index in [2.05, 4.69) is 9.89 Å². The normalized spacial score (nSPS) is 11.4. The molecule has 7 heteroatoms. The van der Waals surface area contributed by atoms with Crippen molar-refractivity contribution in [2.45, 2.75) is 0 Å². The van der Waals surface area contributed by atoms with Gasteiger partial charge in [0.05, 0.1) is 18.4 Å². The van der Waals surface area contributed by atoms with Crippen LogP contribution in [0, 0.1) is 11.3 Å². The topological polar surface area (TPSA) is 128 Å². The third kappa shape index (κ3) is 2.55. The molecule has 2 aromatic rings. The van der Waals surface area contributed by atoms with Crippen LogP contribution in [0.1, 0.15) is 5.56 Å². The van der Waals surface area contributed by atoms with Crippen molar-refractivity contribution in [1.82, 2.24) is 5.16 Å². The lowest BCUT2D eigenvalue weighted by molar-refractivity contribution is -0.135. The van der Waals surface area contributed by atoms with Crippen molar-refractivity contribution < 1.29 is 14.1 Å². The Bertz CT molecular complexity index is 741. The molecule has 0 amide bonds. The molecule has 0 saturated carbocycles. The van der Waals surface area contributed by atoms with Gasteiger partial charge in [-0.1, -0.05) is 35.5 Å². The summed E-state index contributed by atoms with van der Waals surface area (Å²) in [5.41, 5.74) is 12.3. The van der Waals surface area contributed by atoms with Gasteiger partial charge < -0.3 is 20.7 Å². The first-order valence-electron chi connectivity index (χ1n) is 5.89. The van der Waals surface area contributed by atoms with Gasteiger partial charge in [0, 0.05) is 5.56 Å². The Kier molecular flexibility index (Phi) is 3.90. The number of carbonyl (C=O) groups is 1. The Morgan fingerprint density at radius 2 is 2.05 bits per heavy atom. The molecule has 0 saturated heterocycles. The van der Waals surface area contributed by atoms with Gasteiger partial charge in [0.2, 0.25) is 5.88 Å². The van der Waals surface area contributed by atoms with Crippen molar-refractivity contribution in [2.75, 3.05) is 12.8 Å². The molecule has 106 valence electrons. The van der Waals surface area contributed by atoms with Gasteiger partial charge >= 0.3 is 5.97 Å². The molecule has 0 unspecified atom stereocenters. The fourth-order valence-electron chi connectivity index (χ4n) is 1.80. The average molecular weight is 284 g/mol. The zero-order valence-electron chi connectivity index (χ0n) is 11.2. The minimum atomic E-state index is -0.852. The van der Waals surface area contributed by atoms with E-state index in [1.807, 2.05) is 6.07 Å². The summed E-state index contributed by atoms with van der Waals surface area (Å²) in [6.07, 6.45) is 0. The molecule has 1 aromatic carbocycles. The number of hydrogen-bond donors (Lipinski definition) is 2. The molecule has 1 heterocycles. The molecule has 0 aliphatic heterocycles. The number of nitrogens with zero attached hydrogens (tertiary/aromatic N) is 2. The number of nitrogens with two attached hydrogens (primary N) is 2. The summed E-state index contributed by atoms with van der Waals surface area (Å²) in [5.74, 6) is -0.933. The van der Waals surface area contributed by atoms with Crippen molar-refractivity contribution >= 4 is 17.6 Å². The summed E-state index contributed by atoms with van der Waals surface area (Å²) >= 11 is 0. The number of methoxy groups -OCH3 is 1. The minimum absolute atomic E-state index is 0.0805. The number of ether oxygens (including phenoxy) is 1. The monoisotopic (exact) mass is 284 g/mol. The fraction of sp³-hybridized carbons (Fsp3) is 0.0714. The Morgan fingerprint density at radius 1 is 1.38 bits per heavy atom. The Hall–Kier alpha value is -3.27. The number of hydrogen-bond acceptors (Lipinski definition) is 7. The van der Waals surface area contributed by atoms with E-state index in [4.69, 9.17) is 21.3 Å². The number of esters is 1. The van der Waals surface area contributed by atoms with E-state index in [1.165, 1.54) is 0 Å². The van der Waals surface area contributed by atoms with Gasteiger partial charge in [-0.05, 0) is 0 Å². The first-order valence-corrected chi connectivity index (χ1v) is 5.89. The van der Waals surface area contributed by atoms with Crippen LogP contribution in [0.5, 0.6) is 0 Å². The predicted octanol–water partition coefficient (Wildman–Crippen LogP) is 1.29. The summed E-state index contributed by atoms with van der Waals surface area (Å²) < 4.78 is 9.45. The molecule has 0 atom stereocenters. The second-order valence-corrected chi connectivity index (χ2v) is 4.03. The molecule has 0 fully saturated rings. The van der Waals surface area contributed by atoms with E-state index in [-0.39, 0.29) is 22.7 Å². The van der Waals surface area contributed by atoms with E-state index in [0.29, 0.717) is 11.3 Å². The lowest BCUT2D eigenvalue weighted by atomic mass is 10.0. The van der Waals surface area contributed by atoms with E-state index in [0.717, 1.165) is 7.11 Å². The highest BCUT2D eigenvalue weighted by atomic mass is 16.5. The first kappa shape index (κ1) is 14.1. The van der Waals surface area contributed by atoms with Crippen molar-refractivity contribution in [3.8, 4) is 17.3 Å². The van der Waals surface area contributed by atoms with Gasteiger partial charge in [0.25, 0.3) is 0 Å². The fourth-order valence-corrected chi connectivity index (χ4v) is 1.80. The maximum absolute atomic E-state index is 11.6. The molecule has 4 N–H and O–H groups in total. The number of nitrogen functional groups attached to an aromatic ring is 1. The zero-order chi connectivity index (χ0) is 15.4. The Morgan fingerprint density at radius 3 is 2.62 bits per heavy atom. The third-order valence-corrected chi connectivity index (χ3v) is 2.81. The van der Waals surface area contributed by atoms with Gasteiger partial charge in [0.15, 0.2) is 5.57 Å². The van der Waals surface area contributed by atoms with Crippen molar-refractivity contribution in [3.05, 3.63) is 41.5 Å². The maximum Gasteiger partial charge on any atom is 0.350 e. The van der Waals surface area contributed by atoms with Crippen LogP contribution in [0.2, 0.25) is 0 Å². The summed E-state index contributed by atoms with van der Waals surface area (Å²) in [4.78, 5) is 11.6. The highest BCUT2D eigenvalue weighted by Gasteiger charge is 2.23. The van der Waals surface area contributed by atoms with Crippen LogP contribution in [-0.2, 0) is 9.53 Å². The third-order valence-electron chi connectivity index (χ3n) is 2.81. The van der Waals surface area contributed by atoms with Gasteiger partial charge in [-0.25, -0.2) is 4.79 Å². The van der Waals surface area contributed by atoms with Gasteiger partial charge in [0.1, 0.15) is 11.8 Å². The number of anilines is 1.